The van der Waals surface area contributed by atoms with Crippen LogP contribution in [0.3, 0.4) is 0 Å². The van der Waals surface area contributed by atoms with Gasteiger partial charge in [0.2, 0.25) is 0 Å². The SMILES string of the molecule is COc1cccc([C@@H](CN2CCN(C(=O)c3cc4ccccc4s3)CC2)OCc2ccc(C)cc2)c1. The van der Waals surface area contributed by atoms with E-state index in [-0.39, 0.29) is 12.0 Å². The molecule has 1 fully saturated rings. The van der Waals surface area contributed by atoms with Gasteiger partial charge in [-0.3, -0.25) is 9.69 Å². The summed E-state index contributed by atoms with van der Waals surface area (Å²) in [4.78, 5) is 18.4. The molecule has 36 heavy (non-hydrogen) atoms. The molecule has 0 N–H and O–H groups in total. The van der Waals surface area contributed by atoms with Gasteiger partial charge in [-0.2, -0.15) is 0 Å². The van der Waals surface area contributed by atoms with Gasteiger partial charge in [-0.05, 0) is 47.7 Å². The molecule has 0 unspecified atom stereocenters. The topological polar surface area (TPSA) is 42.0 Å². The molecular formula is C30H32N2O3S. The maximum atomic E-state index is 13.2. The van der Waals surface area contributed by atoms with Gasteiger partial charge in [-0.15, -0.1) is 11.3 Å². The number of amides is 1. The first kappa shape index (κ1) is 24.5. The predicted molar refractivity (Wildman–Crippen MR) is 146 cm³/mol. The lowest BCUT2D eigenvalue weighted by Crippen LogP contribution is -2.49. The first-order valence-electron chi connectivity index (χ1n) is 12.4. The molecular weight excluding hydrogens is 468 g/mol. The third-order valence-corrected chi connectivity index (χ3v) is 7.86. The van der Waals surface area contributed by atoms with Gasteiger partial charge in [0.25, 0.3) is 5.91 Å². The van der Waals surface area contributed by atoms with E-state index < -0.39 is 0 Å². The van der Waals surface area contributed by atoms with E-state index >= 15 is 0 Å². The second-order valence-corrected chi connectivity index (χ2v) is 10.4. The minimum atomic E-state index is -0.0914. The summed E-state index contributed by atoms with van der Waals surface area (Å²) in [7, 11) is 1.69. The van der Waals surface area contributed by atoms with Crippen molar-refractivity contribution < 1.29 is 14.3 Å². The van der Waals surface area contributed by atoms with Crippen LogP contribution < -0.4 is 4.74 Å². The fourth-order valence-electron chi connectivity index (χ4n) is 4.59. The Balaban J connectivity index is 1.23. The number of nitrogens with zero attached hydrogens (tertiary/aromatic N) is 2. The molecule has 6 heteroatoms. The van der Waals surface area contributed by atoms with Crippen molar-refractivity contribution in [2.75, 3.05) is 39.8 Å². The minimum absolute atomic E-state index is 0.0914. The van der Waals surface area contributed by atoms with Crippen LogP contribution >= 0.6 is 11.3 Å². The Morgan fingerprint density at radius 1 is 0.944 bits per heavy atom. The van der Waals surface area contributed by atoms with Crippen molar-refractivity contribution in [2.24, 2.45) is 0 Å². The van der Waals surface area contributed by atoms with Gasteiger partial charge >= 0.3 is 0 Å². The van der Waals surface area contributed by atoms with Gasteiger partial charge < -0.3 is 14.4 Å². The van der Waals surface area contributed by atoms with Crippen LogP contribution in [0.1, 0.15) is 32.5 Å². The van der Waals surface area contributed by atoms with Gasteiger partial charge in [0, 0.05) is 37.4 Å². The van der Waals surface area contributed by atoms with Crippen LogP contribution in [0.5, 0.6) is 5.75 Å². The number of aryl methyl sites for hydroxylation is 1. The minimum Gasteiger partial charge on any atom is -0.497 e. The van der Waals surface area contributed by atoms with Gasteiger partial charge in [0.1, 0.15) is 5.75 Å². The molecule has 186 valence electrons. The van der Waals surface area contributed by atoms with Crippen LogP contribution in [0.2, 0.25) is 0 Å². The molecule has 0 spiro atoms. The van der Waals surface area contributed by atoms with Crippen molar-refractivity contribution in [3.8, 4) is 5.75 Å². The van der Waals surface area contributed by atoms with Crippen molar-refractivity contribution in [1.29, 1.82) is 0 Å². The normalized spacial score (nSPS) is 15.2. The monoisotopic (exact) mass is 500 g/mol. The maximum Gasteiger partial charge on any atom is 0.264 e. The number of ether oxygens (including phenoxy) is 2. The van der Waals surface area contributed by atoms with Crippen LogP contribution in [0.15, 0.2) is 78.9 Å². The highest BCUT2D eigenvalue weighted by atomic mass is 32.1. The molecule has 5 rings (SSSR count). The van der Waals surface area contributed by atoms with Crippen LogP contribution in [0.25, 0.3) is 10.1 Å². The summed E-state index contributed by atoms with van der Waals surface area (Å²) in [6, 6.07) is 26.8. The fraction of sp³-hybridized carbons (Fsp3) is 0.300. The second-order valence-electron chi connectivity index (χ2n) is 9.30. The van der Waals surface area contributed by atoms with E-state index in [4.69, 9.17) is 9.47 Å². The van der Waals surface area contributed by atoms with Gasteiger partial charge in [-0.1, -0.05) is 60.2 Å². The average Bonchev–Trinajstić information content (AvgIpc) is 3.36. The average molecular weight is 501 g/mol. The van der Waals surface area contributed by atoms with E-state index in [1.54, 1.807) is 18.4 Å². The van der Waals surface area contributed by atoms with Gasteiger partial charge in [0.05, 0.1) is 24.7 Å². The largest absolute Gasteiger partial charge is 0.497 e. The van der Waals surface area contributed by atoms with Crippen molar-refractivity contribution in [3.05, 3.63) is 100 Å². The molecule has 2 heterocycles. The predicted octanol–water partition coefficient (Wildman–Crippen LogP) is 5.93. The molecule has 1 saturated heterocycles. The number of hydrogen-bond acceptors (Lipinski definition) is 5. The van der Waals surface area contributed by atoms with E-state index in [9.17, 15) is 4.79 Å². The highest BCUT2D eigenvalue weighted by Crippen LogP contribution is 2.28. The molecule has 4 aromatic rings. The van der Waals surface area contributed by atoms with Crippen LogP contribution in [0.4, 0.5) is 0 Å². The number of hydrogen-bond donors (Lipinski definition) is 0. The first-order valence-corrected chi connectivity index (χ1v) is 13.2. The van der Waals surface area contributed by atoms with Gasteiger partial charge in [0.15, 0.2) is 0 Å². The quantitative estimate of drug-likeness (QED) is 0.301. The molecule has 1 aliphatic heterocycles. The summed E-state index contributed by atoms with van der Waals surface area (Å²) in [6.45, 7) is 6.49. The van der Waals surface area contributed by atoms with Crippen molar-refractivity contribution in [3.63, 3.8) is 0 Å². The molecule has 1 aromatic heterocycles. The second kappa shape index (κ2) is 11.2. The maximum absolute atomic E-state index is 13.2. The molecule has 1 amide bonds. The lowest BCUT2D eigenvalue weighted by molar-refractivity contribution is 0.00338. The van der Waals surface area contributed by atoms with Crippen LogP contribution in [-0.4, -0.2) is 55.5 Å². The Kier molecular flexibility index (Phi) is 7.66. The number of carbonyl (C=O) groups is 1. The fourth-order valence-corrected chi connectivity index (χ4v) is 5.62. The summed E-state index contributed by atoms with van der Waals surface area (Å²) in [5.74, 6) is 0.964. The highest BCUT2D eigenvalue weighted by Gasteiger charge is 2.26. The van der Waals surface area contributed by atoms with Crippen LogP contribution in [0, 0.1) is 6.92 Å². The standard InChI is InChI=1S/C30H32N2O3S/c1-22-10-12-23(13-11-22)21-35-27(24-7-5-8-26(18-24)34-2)20-31-14-16-32(17-15-31)30(33)29-19-25-6-3-4-9-28(25)36-29/h3-13,18-19,27H,14-17,20-21H2,1-2H3/t27-/m1/s1. The number of thiophene rings is 1. The Bertz CT molecular complexity index is 1280. The summed E-state index contributed by atoms with van der Waals surface area (Å²) >= 11 is 1.58. The third-order valence-electron chi connectivity index (χ3n) is 6.76. The summed E-state index contributed by atoms with van der Waals surface area (Å²) in [5, 5.41) is 1.14. The zero-order valence-electron chi connectivity index (χ0n) is 20.9. The molecule has 0 bridgehead atoms. The van der Waals surface area contributed by atoms with E-state index in [2.05, 4.69) is 60.4 Å². The zero-order valence-corrected chi connectivity index (χ0v) is 21.7. The Morgan fingerprint density at radius 3 is 2.47 bits per heavy atom. The Labute approximate surface area is 216 Å². The lowest BCUT2D eigenvalue weighted by Gasteiger charge is -2.36. The Morgan fingerprint density at radius 2 is 1.72 bits per heavy atom. The third kappa shape index (κ3) is 5.78. The van der Waals surface area contributed by atoms with E-state index in [1.807, 2.05) is 35.2 Å². The van der Waals surface area contributed by atoms with Gasteiger partial charge in [-0.25, -0.2) is 0 Å². The number of piperazine rings is 1. The van der Waals surface area contributed by atoms with E-state index in [1.165, 1.54) is 5.56 Å². The summed E-state index contributed by atoms with van der Waals surface area (Å²) < 4.78 is 13.1. The molecule has 0 aliphatic carbocycles. The highest BCUT2D eigenvalue weighted by molar-refractivity contribution is 7.20. The molecule has 5 nitrogen and oxygen atoms in total. The van der Waals surface area contributed by atoms with Crippen molar-refractivity contribution in [1.82, 2.24) is 9.80 Å². The van der Waals surface area contributed by atoms with Crippen molar-refractivity contribution >= 4 is 27.3 Å². The van der Waals surface area contributed by atoms with Crippen LogP contribution in [-0.2, 0) is 11.3 Å². The Hall–Kier alpha value is -3.19. The lowest BCUT2D eigenvalue weighted by atomic mass is 10.1. The summed E-state index contributed by atoms with van der Waals surface area (Å²) in [5.41, 5.74) is 3.50. The first-order chi connectivity index (χ1) is 17.6. The number of carbonyl (C=O) groups excluding carboxylic acids is 1. The number of benzene rings is 3. The summed E-state index contributed by atoms with van der Waals surface area (Å²) in [6.07, 6.45) is -0.0914. The van der Waals surface area contributed by atoms with E-state index in [0.29, 0.717) is 6.61 Å². The molecule has 1 aliphatic rings. The number of rotatable bonds is 8. The molecule has 3 aromatic carbocycles. The molecule has 0 radical (unpaired) electrons. The van der Waals surface area contributed by atoms with E-state index in [0.717, 1.165) is 64.6 Å². The molecule has 0 saturated carbocycles. The smallest absolute Gasteiger partial charge is 0.264 e. The zero-order chi connectivity index (χ0) is 24.9. The van der Waals surface area contributed by atoms with Crippen molar-refractivity contribution in [2.45, 2.75) is 19.6 Å². The number of fused-ring (bicyclic) bond motifs is 1. The number of methoxy groups -OCH3 is 1. The molecule has 1 atom stereocenters.